The van der Waals surface area contributed by atoms with Gasteiger partial charge in [-0.05, 0) is 87.0 Å². The Morgan fingerprint density at radius 2 is 1.59 bits per heavy atom. The van der Waals surface area contributed by atoms with Gasteiger partial charge in [-0.2, -0.15) is 0 Å². The van der Waals surface area contributed by atoms with Crippen molar-refractivity contribution in [3.63, 3.8) is 0 Å². The van der Waals surface area contributed by atoms with Gasteiger partial charge < -0.3 is 41.0 Å². The maximum Gasteiger partial charge on any atom is 0.326 e. The third-order valence-corrected chi connectivity index (χ3v) is 10.8. The van der Waals surface area contributed by atoms with E-state index in [2.05, 4.69) is 31.6 Å². The van der Waals surface area contributed by atoms with E-state index in [1.54, 1.807) is 47.8 Å². The average Bonchev–Trinajstić information content (AvgIpc) is 3.93. The minimum absolute atomic E-state index is 0.00353. The van der Waals surface area contributed by atoms with E-state index in [0.29, 0.717) is 68.1 Å². The molecule has 0 spiro atoms. The van der Waals surface area contributed by atoms with Crippen LogP contribution in [0.25, 0.3) is 0 Å². The molecule has 6 N–H and O–H groups in total. The van der Waals surface area contributed by atoms with Gasteiger partial charge in [-0.15, -0.1) is 5.10 Å². The number of nitrogens with one attached hydrogen (secondary N) is 4. The molecule has 5 aliphatic heterocycles. The molecule has 16 nitrogen and oxygen atoms in total. The molecule has 1 aromatic heterocycles. The Morgan fingerprint density at radius 1 is 0.898 bits per heavy atom. The van der Waals surface area contributed by atoms with Crippen LogP contribution in [0, 0.1) is 0 Å². The summed E-state index contributed by atoms with van der Waals surface area (Å²) in [4.78, 5) is 55.5. The van der Waals surface area contributed by atoms with Gasteiger partial charge >= 0.3 is 5.97 Å². The summed E-state index contributed by atoms with van der Waals surface area (Å²) >= 11 is 0. The molecule has 6 bridgehead atoms. The number of likely N-dealkylation sites (N-methyl/N-ethyl adjacent to an activating group) is 1. The number of aromatic nitrogens is 3. The van der Waals surface area contributed by atoms with Crippen LogP contribution >= 0.6 is 0 Å². The molecule has 5 aliphatic rings. The monoisotopic (exact) mass is 810 g/mol. The molecule has 4 aromatic rings. The Hall–Kier alpha value is -5.84. The SMILES string of the molecule is CN[C@@H](C)C(=O)N[C@H]1Cc2ccc(cc2)OCc2cn(nn2)CCCOc2ccc(cc2)C[C@@H](C(=O)O)NC(=O)[C@H](CCc2ccccc2)NC(=O)[C@@H]2CCCN2C1O. The third-order valence-electron chi connectivity index (χ3n) is 10.8. The first-order chi connectivity index (χ1) is 28.6. The van der Waals surface area contributed by atoms with Crippen LogP contribution in [-0.2, 0) is 51.6 Å². The molecule has 3 aromatic carbocycles. The number of carboxylic acids is 1. The topological polar surface area (TPSA) is 209 Å². The standard InChI is InChI=1S/C43H54N8O8/c1-28(44-2)39(52)46-36-24-30-13-18-34(19-14-30)59-27-32-26-50(49-48-32)21-7-23-58-33-16-11-31(12-17-33)25-37(43(56)57)47-40(53)35(20-15-29-8-4-3-5-9-29)45-41(54)38-10-6-22-51(38)42(36)55/h3-5,8-9,11-14,16-19,26,28,35-38,42,44,55H,6-7,10,15,20-25,27H2,1-2H3,(H,45,54)(H,46,52)(H,47,53)(H,56,57)/t28-,35-,36-,37-,38-,42?/m0/s1. The summed E-state index contributed by atoms with van der Waals surface area (Å²) < 4.78 is 13.6. The van der Waals surface area contributed by atoms with E-state index in [1.807, 2.05) is 60.8 Å². The molecule has 1 saturated heterocycles. The highest BCUT2D eigenvalue weighted by Gasteiger charge is 2.40. The molecule has 1 fully saturated rings. The number of aryl methyl sites for hydroxylation is 2. The lowest BCUT2D eigenvalue weighted by atomic mass is 10.0. The van der Waals surface area contributed by atoms with Gasteiger partial charge in [0.2, 0.25) is 17.7 Å². The van der Waals surface area contributed by atoms with Crippen LogP contribution < -0.4 is 30.7 Å². The lowest BCUT2D eigenvalue weighted by molar-refractivity contribution is -0.142. The number of nitrogens with zero attached hydrogens (tertiary/aromatic N) is 4. The van der Waals surface area contributed by atoms with E-state index in [9.17, 15) is 29.4 Å². The van der Waals surface area contributed by atoms with E-state index < -0.39 is 54.2 Å². The minimum Gasteiger partial charge on any atom is -0.494 e. The summed E-state index contributed by atoms with van der Waals surface area (Å²) in [6.45, 7) is 3.27. The van der Waals surface area contributed by atoms with E-state index in [1.165, 1.54) is 0 Å². The number of hydrogen-bond donors (Lipinski definition) is 6. The summed E-state index contributed by atoms with van der Waals surface area (Å²) in [5, 5.41) is 42.0. The zero-order chi connectivity index (χ0) is 41.7. The molecule has 6 heterocycles. The molecule has 3 amide bonds. The second-order valence-electron chi connectivity index (χ2n) is 15.1. The normalized spacial score (nSPS) is 22.9. The van der Waals surface area contributed by atoms with Gasteiger partial charge in [0.1, 0.15) is 42.1 Å². The average molecular weight is 811 g/mol. The van der Waals surface area contributed by atoms with Crippen LogP contribution in [0.1, 0.15) is 55.0 Å². The highest BCUT2D eigenvalue weighted by atomic mass is 16.5. The van der Waals surface area contributed by atoms with Crippen molar-refractivity contribution < 1.29 is 38.9 Å². The second-order valence-corrected chi connectivity index (χ2v) is 15.1. The molecule has 0 radical (unpaired) electrons. The molecule has 6 atom stereocenters. The molecule has 59 heavy (non-hydrogen) atoms. The Balaban J connectivity index is 1.26. The Labute approximate surface area is 343 Å². The predicted molar refractivity (Wildman–Crippen MR) is 217 cm³/mol. The fraction of sp³-hybridized carbons (Fsp3) is 0.442. The van der Waals surface area contributed by atoms with Crippen molar-refractivity contribution in [1.82, 2.24) is 41.2 Å². The molecule has 16 heteroatoms. The van der Waals surface area contributed by atoms with Crippen LogP contribution in [0.3, 0.4) is 0 Å². The summed E-state index contributed by atoms with van der Waals surface area (Å²) in [5.41, 5.74) is 3.09. The lowest BCUT2D eigenvalue weighted by Crippen LogP contribution is -2.60. The summed E-state index contributed by atoms with van der Waals surface area (Å²) in [6.07, 6.45) is 3.10. The number of aliphatic hydroxyl groups is 1. The smallest absolute Gasteiger partial charge is 0.326 e. The maximum atomic E-state index is 14.2. The van der Waals surface area contributed by atoms with Gasteiger partial charge in [-0.3, -0.25) is 24.0 Å². The fourth-order valence-electron chi connectivity index (χ4n) is 7.27. The van der Waals surface area contributed by atoms with E-state index in [0.717, 1.165) is 11.1 Å². The number of hydrogen-bond acceptors (Lipinski definition) is 11. The van der Waals surface area contributed by atoms with Crippen molar-refractivity contribution in [2.45, 2.75) is 101 Å². The largest absolute Gasteiger partial charge is 0.494 e. The number of ether oxygens (including phenoxy) is 2. The van der Waals surface area contributed by atoms with Gasteiger partial charge in [0.15, 0.2) is 0 Å². The third kappa shape index (κ3) is 12.1. The summed E-state index contributed by atoms with van der Waals surface area (Å²) in [7, 11) is 1.67. The first-order valence-electron chi connectivity index (χ1n) is 20.2. The van der Waals surface area contributed by atoms with Crippen LogP contribution in [-0.4, -0.2) is 110 Å². The van der Waals surface area contributed by atoms with Crippen LogP contribution in [0.4, 0.5) is 0 Å². The quantitative estimate of drug-likeness (QED) is 0.159. The Kier molecular flexibility index (Phi) is 15.0. The number of carboxylic acid groups (broad SMARTS) is 1. The minimum atomic E-state index is -1.28. The number of rotatable bonds is 7. The van der Waals surface area contributed by atoms with E-state index in [-0.39, 0.29) is 31.8 Å². The predicted octanol–water partition coefficient (Wildman–Crippen LogP) is 1.99. The van der Waals surface area contributed by atoms with Crippen LogP contribution in [0.15, 0.2) is 85.1 Å². The second kappa shape index (κ2) is 20.7. The van der Waals surface area contributed by atoms with Crippen LogP contribution in [0.5, 0.6) is 11.5 Å². The number of carbonyl (C=O) groups excluding carboxylic acids is 3. The van der Waals surface area contributed by atoms with Crippen molar-refractivity contribution in [1.29, 1.82) is 0 Å². The first-order valence-corrected chi connectivity index (χ1v) is 20.2. The molecule has 0 saturated carbocycles. The highest BCUT2D eigenvalue weighted by Crippen LogP contribution is 2.24. The van der Waals surface area contributed by atoms with Crippen LogP contribution in [0.2, 0.25) is 0 Å². The van der Waals surface area contributed by atoms with Gasteiger partial charge in [-0.25, -0.2) is 4.79 Å². The zero-order valence-corrected chi connectivity index (χ0v) is 33.5. The van der Waals surface area contributed by atoms with E-state index >= 15 is 0 Å². The Bertz CT molecular complexity index is 1990. The summed E-state index contributed by atoms with van der Waals surface area (Å²) in [5.74, 6) is -1.42. The van der Waals surface area contributed by atoms with Crippen molar-refractivity contribution >= 4 is 23.7 Å². The van der Waals surface area contributed by atoms with Crippen molar-refractivity contribution in [2.75, 3.05) is 20.2 Å². The lowest BCUT2D eigenvalue weighted by Gasteiger charge is -2.35. The molecule has 9 rings (SSSR count). The molecular formula is C43H54N8O8. The number of carbonyl (C=O) groups is 4. The van der Waals surface area contributed by atoms with Gasteiger partial charge in [-0.1, -0.05) is 59.8 Å². The van der Waals surface area contributed by atoms with Crippen molar-refractivity contribution in [2.24, 2.45) is 0 Å². The molecule has 314 valence electrons. The zero-order valence-electron chi connectivity index (χ0n) is 33.5. The summed E-state index contributed by atoms with van der Waals surface area (Å²) in [6, 6.07) is 19.3. The molecule has 0 aliphatic carbocycles. The van der Waals surface area contributed by atoms with Gasteiger partial charge in [0, 0.05) is 25.9 Å². The van der Waals surface area contributed by atoms with Gasteiger partial charge in [0.05, 0.1) is 30.9 Å². The maximum absolute atomic E-state index is 14.2. The fourth-order valence-corrected chi connectivity index (χ4v) is 7.27. The molecular weight excluding hydrogens is 757 g/mol. The van der Waals surface area contributed by atoms with Crippen molar-refractivity contribution in [3.05, 3.63) is 107 Å². The Morgan fingerprint density at radius 3 is 2.29 bits per heavy atom. The number of benzene rings is 3. The van der Waals surface area contributed by atoms with Crippen molar-refractivity contribution in [3.8, 4) is 11.5 Å². The number of aliphatic hydroxyl groups excluding tert-OH is 1. The first kappa shape index (κ1) is 42.8. The number of amides is 3. The van der Waals surface area contributed by atoms with E-state index in [4.69, 9.17) is 9.47 Å². The van der Waals surface area contributed by atoms with Gasteiger partial charge in [0.25, 0.3) is 0 Å². The number of aliphatic carboxylic acids is 1. The molecule has 1 unspecified atom stereocenters. The highest BCUT2D eigenvalue weighted by molar-refractivity contribution is 5.92.